The fraction of sp³-hybridized carbons (Fsp3) is 1.00. The van der Waals surface area contributed by atoms with Crippen LogP contribution in [-0.2, 0) is 4.12 Å². The quantitative estimate of drug-likeness (QED) is 0.502. The van der Waals surface area contributed by atoms with Crippen molar-refractivity contribution in [3.8, 4) is 0 Å². The minimum Gasteiger partial charge on any atom is -0.459 e. The SMILES string of the molecule is CCC(C)[SiH](O[SiH](C(C)CC)C1CCCC1)C1CCCC1. The second-order valence-electron chi connectivity index (χ2n) is 7.93. The molecule has 1 nitrogen and oxygen atoms in total. The van der Waals surface area contributed by atoms with E-state index in [0.29, 0.717) is 0 Å². The topological polar surface area (TPSA) is 9.23 Å². The summed E-state index contributed by atoms with van der Waals surface area (Å²) in [6, 6.07) is 0. The van der Waals surface area contributed by atoms with Gasteiger partial charge in [-0.05, 0) is 22.2 Å². The van der Waals surface area contributed by atoms with Gasteiger partial charge in [0, 0.05) is 0 Å². The van der Waals surface area contributed by atoms with E-state index in [0.717, 1.165) is 22.2 Å². The molecule has 2 saturated carbocycles. The molecule has 124 valence electrons. The molecule has 21 heavy (non-hydrogen) atoms. The highest BCUT2D eigenvalue weighted by Gasteiger charge is 2.38. The summed E-state index contributed by atoms with van der Waals surface area (Å²) in [6.07, 6.45) is 14.6. The minimum absolute atomic E-state index is 0.897. The normalized spacial score (nSPS) is 26.9. The van der Waals surface area contributed by atoms with Crippen molar-refractivity contribution in [3.05, 3.63) is 0 Å². The molecule has 0 saturated heterocycles. The Labute approximate surface area is 136 Å². The van der Waals surface area contributed by atoms with Crippen molar-refractivity contribution in [3.63, 3.8) is 0 Å². The van der Waals surface area contributed by atoms with Crippen LogP contribution in [-0.4, -0.2) is 18.1 Å². The van der Waals surface area contributed by atoms with Crippen molar-refractivity contribution < 1.29 is 4.12 Å². The van der Waals surface area contributed by atoms with E-state index < -0.39 is 18.1 Å². The summed E-state index contributed by atoms with van der Waals surface area (Å²) in [5.41, 5.74) is 3.82. The second kappa shape index (κ2) is 8.88. The summed E-state index contributed by atoms with van der Waals surface area (Å²) in [7, 11) is -2.01. The van der Waals surface area contributed by atoms with Crippen molar-refractivity contribution in [1.82, 2.24) is 0 Å². The van der Waals surface area contributed by atoms with Gasteiger partial charge in [0.1, 0.15) is 0 Å². The van der Waals surface area contributed by atoms with Gasteiger partial charge in [0.05, 0.1) is 0 Å². The first kappa shape index (κ1) is 17.7. The second-order valence-corrected chi connectivity index (χ2v) is 15.0. The van der Waals surface area contributed by atoms with Crippen LogP contribution < -0.4 is 0 Å². The Morgan fingerprint density at radius 3 is 1.38 bits per heavy atom. The monoisotopic (exact) mass is 326 g/mol. The molecule has 2 fully saturated rings. The largest absolute Gasteiger partial charge is 0.459 e. The van der Waals surface area contributed by atoms with Gasteiger partial charge in [-0.1, -0.05) is 91.9 Å². The molecule has 0 aromatic carbocycles. The fourth-order valence-electron chi connectivity index (χ4n) is 4.64. The third-order valence-corrected chi connectivity index (χ3v) is 15.3. The number of hydrogen-bond acceptors (Lipinski definition) is 1. The highest BCUT2D eigenvalue weighted by molar-refractivity contribution is 6.69. The predicted octanol–water partition coefficient (Wildman–Crippen LogP) is 5.94. The molecule has 0 N–H and O–H groups in total. The Balaban J connectivity index is 2.05. The third kappa shape index (κ3) is 4.68. The van der Waals surface area contributed by atoms with Gasteiger partial charge in [0.2, 0.25) is 0 Å². The molecular formula is C18H38OSi2. The number of rotatable bonds is 8. The lowest BCUT2D eigenvalue weighted by atomic mass is 10.3. The molecule has 0 radical (unpaired) electrons. The van der Waals surface area contributed by atoms with Crippen molar-refractivity contribution >= 4 is 18.1 Å². The highest BCUT2D eigenvalue weighted by Crippen LogP contribution is 2.43. The van der Waals surface area contributed by atoms with Crippen molar-refractivity contribution in [2.45, 2.75) is 114 Å². The van der Waals surface area contributed by atoms with Crippen LogP contribution in [0.15, 0.2) is 0 Å². The van der Waals surface area contributed by atoms with Crippen molar-refractivity contribution in [1.29, 1.82) is 0 Å². The Morgan fingerprint density at radius 1 is 0.762 bits per heavy atom. The van der Waals surface area contributed by atoms with Crippen molar-refractivity contribution in [2.24, 2.45) is 0 Å². The summed E-state index contributed by atoms with van der Waals surface area (Å²) in [5, 5.41) is 0. The summed E-state index contributed by atoms with van der Waals surface area (Å²) in [4.78, 5) is 0. The van der Waals surface area contributed by atoms with Crippen LogP contribution in [0.1, 0.15) is 91.9 Å². The van der Waals surface area contributed by atoms with E-state index in [1.54, 1.807) is 0 Å². The van der Waals surface area contributed by atoms with Crippen molar-refractivity contribution in [2.75, 3.05) is 0 Å². The Hall–Kier alpha value is 0.394. The van der Waals surface area contributed by atoms with Gasteiger partial charge in [-0.25, -0.2) is 0 Å². The maximum atomic E-state index is 7.20. The van der Waals surface area contributed by atoms with Gasteiger partial charge in [0.15, 0.2) is 18.1 Å². The smallest absolute Gasteiger partial charge is 0.168 e. The van der Waals surface area contributed by atoms with E-state index >= 15 is 0 Å². The molecule has 0 bridgehead atoms. The Kier molecular flexibility index (Phi) is 7.50. The summed E-state index contributed by atoms with van der Waals surface area (Å²) in [5.74, 6) is 0. The molecule has 2 aliphatic carbocycles. The molecule has 0 aromatic heterocycles. The van der Waals surface area contributed by atoms with Crippen LogP contribution >= 0.6 is 0 Å². The van der Waals surface area contributed by atoms with E-state index in [4.69, 9.17) is 4.12 Å². The molecule has 2 rings (SSSR count). The van der Waals surface area contributed by atoms with Crippen LogP contribution in [0.2, 0.25) is 22.2 Å². The third-order valence-electron chi connectivity index (χ3n) is 6.45. The van der Waals surface area contributed by atoms with E-state index in [9.17, 15) is 0 Å². The van der Waals surface area contributed by atoms with E-state index in [1.165, 1.54) is 64.2 Å². The van der Waals surface area contributed by atoms with Crippen LogP contribution in [0.5, 0.6) is 0 Å². The van der Waals surface area contributed by atoms with Gasteiger partial charge in [-0.15, -0.1) is 0 Å². The molecule has 4 unspecified atom stereocenters. The molecule has 0 heterocycles. The first-order valence-electron chi connectivity index (χ1n) is 9.82. The molecule has 2 aliphatic rings. The van der Waals surface area contributed by atoms with E-state index in [-0.39, 0.29) is 0 Å². The van der Waals surface area contributed by atoms with Crippen LogP contribution in [0.4, 0.5) is 0 Å². The highest BCUT2D eigenvalue weighted by atomic mass is 28.4. The standard InChI is InChI=1S/C18H38OSi2/c1-5-15(3)20(17-11-7-8-12-17)19-21(16(4)6-2)18-13-9-10-14-18/h15-18,20-21H,5-14H2,1-4H3. The molecule has 4 atom stereocenters. The first-order valence-corrected chi connectivity index (χ1v) is 13.4. The predicted molar refractivity (Wildman–Crippen MR) is 99.2 cm³/mol. The summed E-state index contributed by atoms with van der Waals surface area (Å²) in [6.45, 7) is 9.79. The molecule has 0 amide bonds. The molecule has 0 aromatic rings. The molecular weight excluding hydrogens is 288 g/mol. The molecule has 0 aliphatic heterocycles. The maximum Gasteiger partial charge on any atom is 0.168 e. The van der Waals surface area contributed by atoms with E-state index in [2.05, 4.69) is 27.7 Å². The van der Waals surface area contributed by atoms with Gasteiger partial charge in [-0.3, -0.25) is 0 Å². The van der Waals surface area contributed by atoms with E-state index in [1.807, 2.05) is 0 Å². The zero-order valence-electron chi connectivity index (χ0n) is 14.9. The van der Waals surface area contributed by atoms with Crippen LogP contribution in [0.25, 0.3) is 0 Å². The molecule has 3 heteroatoms. The van der Waals surface area contributed by atoms with Gasteiger partial charge in [-0.2, -0.15) is 0 Å². The average molecular weight is 327 g/mol. The van der Waals surface area contributed by atoms with Gasteiger partial charge < -0.3 is 4.12 Å². The van der Waals surface area contributed by atoms with Crippen LogP contribution in [0.3, 0.4) is 0 Å². The fourth-order valence-corrected chi connectivity index (χ4v) is 15.1. The molecule has 0 spiro atoms. The zero-order valence-corrected chi connectivity index (χ0v) is 17.3. The lowest BCUT2D eigenvalue weighted by Gasteiger charge is -2.36. The lowest BCUT2D eigenvalue weighted by molar-refractivity contribution is 0.487. The summed E-state index contributed by atoms with van der Waals surface area (Å²) < 4.78 is 7.20. The minimum atomic E-state index is -1.00. The first-order chi connectivity index (χ1) is 10.2. The summed E-state index contributed by atoms with van der Waals surface area (Å²) >= 11 is 0. The Bertz CT molecular complexity index is 257. The Morgan fingerprint density at radius 2 is 1.10 bits per heavy atom. The van der Waals surface area contributed by atoms with Crippen LogP contribution in [0, 0.1) is 0 Å². The lowest BCUT2D eigenvalue weighted by Crippen LogP contribution is -2.39. The average Bonchev–Trinajstić information content (AvgIpc) is 3.20. The maximum absolute atomic E-state index is 7.20. The van der Waals surface area contributed by atoms with Gasteiger partial charge >= 0.3 is 0 Å². The van der Waals surface area contributed by atoms with Gasteiger partial charge in [0.25, 0.3) is 0 Å². The number of hydrogen-bond donors (Lipinski definition) is 0. The zero-order chi connectivity index (χ0) is 15.2.